The van der Waals surface area contributed by atoms with Crippen LogP contribution < -0.4 is 10.2 Å². The third-order valence-electron chi connectivity index (χ3n) is 5.72. The number of hydrogen-bond acceptors (Lipinski definition) is 7. The standard InChI is InChI=1S/C21H30N6O2/c28-20(23-10-15-26-11-4-1-2-5-12-26)21-24-19(25-29-21)17-8-9-22-18(16-17)27-13-6-3-7-14-27/h8-9,16H,1-7,10-15H2,(H,23,28). The first-order chi connectivity index (χ1) is 14.3. The van der Waals surface area contributed by atoms with Crippen molar-refractivity contribution >= 4 is 11.7 Å². The van der Waals surface area contributed by atoms with Gasteiger partial charge < -0.3 is 19.6 Å². The molecule has 2 aliphatic heterocycles. The molecule has 0 aromatic carbocycles. The van der Waals surface area contributed by atoms with Crippen molar-refractivity contribution in [2.24, 2.45) is 0 Å². The Bertz CT molecular complexity index is 794. The normalized spacial score (nSPS) is 18.4. The molecular formula is C21H30N6O2. The molecule has 8 heteroatoms. The van der Waals surface area contributed by atoms with Crippen LogP contribution in [0.4, 0.5) is 5.82 Å². The highest BCUT2D eigenvalue weighted by Gasteiger charge is 2.18. The fraction of sp³-hybridized carbons (Fsp3) is 0.619. The van der Waals surface area contributed by atoms with Crippen LogP contribution in [0.25, 0.3) is 11.4 Å². The first kappa shape index (κ1) is 19.8. The van der Waals surface area contributed by atoms with Crippen molar-refractivity contribution in [3.05, 3.63) is 24.2 Å². The van der Waals surface area contributed by atoms with Gasteiger partial charge in [0.05, 0.1) is 0 Å². The van der Waals surface area contributed by atoms with E-state index in [1.165, 1.54) is 44.9 Å². The maximum atomic E-state index is 12.4. The first-order valence-corrected chi connectivity index (χ1v) is 10.9. The lowest BCUT2D eigenvalue weighted by molar-refractivity contribution is 0.0904. The van der Waals surface area contributed by atoms with Crippen LogP contribution >= 0.6 is 0 Å². The van der Waals surface area contributed by atoms with E-state index < -0.39 is 0 Å². The summed E-state index contributed by atoms with van der Waals surface area (Å²) < 4.78 is 5.21. The molecule has 156 valence electrons. The topological polar surface area (TPSA) is 87.4 Å². The molecule has 2 saturated heterocycles. The Morgan fingerprint density at radius 1 is 1.03 bits per heavy atom. The third kappa shape index (κ3) is 5.32. The third-order valence-corrected chi connectivity index (χ3v) is 5.72. The van der Waals surface area contributed by atoms with E-state index in [1.54, 1.807) is 6.20 Å². The van der Waals surface area contributed by atoms with E-state index in [9.17, 15) is 4.79 Å². The number of nitrogens with zero attached hydrogens (tertiary/aromatic N) is 5. The van der Waals surface area contributed by atoms with Crippen molar-refractivity contribution in [2.75, 3.05) is 44.2 Å². The van der Waals surface area contributed by atoms with E-state index in [4.69, 9.17) is 4.52 Å². The molecule has 2 aromatic heterocycles. The minimum atomic E-state index is -0.316. The van der Waals surface area contributed by atoms with E-state index in [0.717, 1.165) is 44.1 Å². The number of anilines is 1. The molecule has 0 bridgehead atoms. The van der Waals surface area contributed by atoms with E-state index in [-0.39, 0.29) is 11.8 Å². The molecular weight excluding hydrogens is 368 g/mol. The van der Waals surface area contributed by atoms with Gasteiger partial charge in [0, 0.05) is 37.9 Å². The number of nitrogens with one attached hydrogen (secondary N) is 1. The highest BCUT2D eigenvalue weighted by Crippen LogP contribution is 2.23. The quantitative estimate of drug-likeness (QED) is 0.800. The molecule has 0 saturated carbocycles. The average molecular weight is 399 g/mol. The van der Waals surface area contributed by atoms with E-state index in [1.807, 2.05) is 12.1 Å². The lowest BCUT2D eigenvalue weighted by Gasteiger charge is -2.27. The summed E-state index contributed by atoms with van der Waals surface area (Å²) in [4.78, 5) is 25.8. The molecule has 0 spiro atoms. The summed E-state index contributed by atoms with van der Waals surface area (Å²) in [6.45, 7) is 5.71. The van der Waals surface area contributed by atoms with Crippen molar-refractivity contribution < 1.29 is 9.32 Å². The fourth-order valence-electron chi connectivity index (χ4n) is 4.05. The van der Waals surface area contributed by atoms with Crippen molar-refractivity contribution in [3.63, 3.8) is 0 Å². The van der Waals surface area contributed by atoms with E-state index in [2.05, 4.69) is 30.2 Å². The molecule has 29 heavy (non-hydrogen) atoms. The first-order valence-electron chi connectivity index (χ1n) is 10.9. The molecule has 0 aliphatic carbocycles. The van der Waals surface area contributed by atoms with Gasteiger partial charge in [-0.1, -0.05) is 18.0 Å². The number of piperidine rings is 1. The Morgan fingerprint density at radius 3 is 2.55 bits per heavy atom. The Morgan fingerprint density at radius 2 is 1.76 bits per heavy atom. The second kappa shape index (κ2) is 9.82. The van der Waals surface area contributed by atoms with Crippen LogP contribution in [0.2, 0.25) is 0 Å². The zero-order chi connectivity index (χ0) is 19.9. The van der Waals surface area contributed by atoms with Gasteiger partial charge in [-0.05, 0) is 57.3 Å². The lowest BCUT2D eigenvalue weighted by atomic mass is 10.1. The van der Waals surface area contributed by atoms with Crippen LogP contribution in [0.3, 0.4) is 0 Å². The van der Waals surface area contributed by atoms with Gasteiger partial charge >= 0.3 is 11.8 Å². The number of amides is 1. The molecule has 1 amide bonds. The summed E-state index contributed by atoms with van der Waals surface area (Å²) in [5.74, 6) is 1.04. The summed E-state index contributed by atoms with van der Waals surface area (Å²) in [6, 6.07) is 3.82. The Balaban J connectivity index is 1.33. The van der Waals surface area contributed by atoms with E-state index in [0.29, 0.717) is 12.4 Å². The highest BCUT2D eigenvalue weighted by molar-refractivity contribution is 5.89. The maximum absolute atomic E-state index is 12.4. The molecule has 4 heterocycles. The smallest absolute Gasteiger partial charge is 0.316 e. The van der Waals surface area contributed by atoms with Crippen molar-refractivity contribution in [2.45, 2.75) is 44.9 Å². The number of rotatable bonds is 6. The number of pyridine rings is 1. The summed E-state index contributed by atoms with van der Waals surface area (Å²) in [7, 11) is 0. The molecule has 0 unspecified atom stereocenters. The maximum Gasteiger partial charge on any atom is 0.316 e. The second-order valence-corrected chi connectivity index (χ2v) is 7.89. The fourth-order valence-corrected chi connectivity index (χ4v) is 4.05. The molecule has 2 aliphatic rings. The Kier molecular flexibility index (Phi) is 6.71. The average Bonchev–Trinajstić information content (AvgIpc) is 3.13. The molecule has 0 atom stereocenters. The lowest BCUT2D eigenvalue weighted by Crippen LogP contribution is -2.35. The van der Waals surface area contributed by atoms with Gasteiger partial charge in [0.2, 0.25) is 5.82 Å². The summed E-state index contributed by atoms with van der Waals surface area (Å²) in [6.07, 6.45) is 10.5. The molecule has 2 aromatic rings. The summed E-state index contributed by atoms with van der Waals surface area (Å²) in [5.41, 5.74) is 0.813. The molecule has 4 rings (SSSR count). The number of hydrogen-bond donors (Lipinski definition) is 1. The molecule has 1 N–H and O–H groups in total. The molecule has 2 fully saturated rings. The van der Waals surface area contributed by atoms with Crippen LogP contribution in [-0.2, 0) is 0 Å². The Hall–Kier alpha value is -2.48. The van der Waals surface area contributed by atoms with Crippen LogP contribution in [-0.4, -0.2) is 65.2 Å². The van der Waals surface area contributed by atoms with Crippen molar-refractivity contribution in [1.82, 2.24) is 25.3 Å². The zero-order valence-electron chi connectivity index (χ0n) is 17.0. The predicted octanol–water partition coefficient (Wildman–Crippen LogP) is 2.73. The number of likely N-dealkylation sites (tertiary alicyclic amines) is 1. The van der Waals surface area contributed by atoms with Gasteiger partial charge in [0.1, 0.15) is 5.82 Å². The van der Waals surface area contributed by atoms with Gasteiger partial charge in [0.15, 0.2) is 0 Å². The zero-order valence-corrected chi connectivity index (χ0v) is 17.0. The van der Waals surface area contributed by atoms with Gasteiger partial charge in [-0.3, -0.25) is 4.79 Å². The second-order valence-electron chi connectivity index (χ2n) is 7.89. The van der Waals surface area contributed by atoms with Crippen molar-refractivity contribution in [1.29, 1.82) is 0 Å². The largest absolute Gasteiger partial charge is 0.357 e. The minimum Gasteiger partial charge on any atom is -0.357 e. The summed E-state index contributed by atoms with van der Waals surface area (Å²) >= 11 is 0. The monoisotopic (exact) mass is 398 g/mol. The van der Waals surface area contributed by atoms with E-state index >= 15 is 0 Å². The van der Waals surface area contributed by atoms with Gasteiger partial charge in [-0.25, -0.2) is 4.98 Å². The van der Waals surface area contributed by atoms with Crippen LogP contribution in [0.5, 0.6) is 0 Å². The number of carbonyl (C=O) groups excluding carboxylic acids is 1. The SMILES string of the molecule is O=C(NCCN1CCCCCC1)c1nc(-c2ccnc(N3CCCCC3)c2)no1. The predicted molar refractivity (Wildman–Crippen MR) is 111 cm³/mol. The van der Waals surface area contributed by atoms with Gasteiger partial charge in [-0.2, -0.15) is 4.98 Å². The Labute approximate surface area is 171 Å². The van der Waals surface area contributed by atoms with Gasteiger partial charge in [-0.15, -0.1) is 0 Å². The van der Waals surface area contributed by atoms with Crippen LogP contribution in [0, 0.1) is 0 Å². The molecule has 8 nitrogen and oxygen atoms in total. The van der Waals surface area contributed by atoms with Crippen LogP contribution in [0.1, 0.15) is 55.6 Å². The van der Waals surface area contributed by atoms with Gasteiger partial charge in [0.25, 0.3) is 0 Å². The number of carbonyl (C=O) groups is 1. The highest BCUT2D eigenvalue weighted by atomic mass is 16.5. The van der Waals surface area contributed by atoms with Crippen molar-refractivity contribution in [3.8, 4) is 11.4 Å². The summed E-state index contributed by atoms with van der Waals surface area (Å²) in [5, 5.41) is 6.90. The minimum absolute atomic E-state index is 0.00667. The molecule has 0 radical (unpaired) electrons. The van der Waals surface area contributed by atoms with Crippen LogP contribution in [0.15, 0.2) is 22.9 Å². The number of aromatic nitrogens is 3.